The Labute approximate surface area is 177 Å². The molecule has 2 aromatic heterocycles. The molecule has 8 nitrogen and oxygen atoms in total. The number of pyridine rings is 1. The van der Waals surface area contributed by atoms with Gasteiger partial charge in [-0.2, -0.15) is 0 Å². The van der Waals surface area contributed by atoms with Gasteiger partial charge in [0.05, 0.1) is 24.2 Å². The van der Waals surface area contributed by atoms with Crippen LogP contribution in [0.15, 0.2) is 34.4 Å². The zero-order valence-electron chi connectivity index (χ0n) is 16.8. The van der Waals surface area contributed by atoms with Crippen LogP contribution in [0.3, 0.4) is 0 Å². The van der Waals surface area contributed by atoms with Gasteiger partial charge in [-0.3, -0.25) is 19.7 Å². The maximum atomic E-state index is 13.0. The minimum atomic E-state index is -0.745. The lowest BCUT2D eigenvalue weighted by molar-refractivity contribution is -0.142. The maximum absolute atomic E-state index is 13.0. The van der Waals surface area contributed by atoms with E-state index >= 15 is 0 Å². The van der Waals surface area contributed by atoms with E-state index in [-0.39, 0.29) is 29.5 Å². The topological polar surface area (TPSA) is 111 Å². The highest BCUT2D eigenvalue weighted by Crippen LogP contribution is 2.27. The second kappa shape index (κ2) is 9.53. The lowest BCUT2D eigenvalue weighted by Crippen LogP contribution is -2.30. The van der Waals surface area contributed by atoms with Crippen LogP contribution in [0.2, 0.25) is 0 Å². The van der Waals surface area contributed by atoms with E-state index in [9.17, 15) is 19.5 Å². The van der Waals surface area contributed by atoms with Crippen molar-refractivity contribution in [2.24, 2.45) is 0 Å². The van der Waals surface area contributed by atoms with Crippen molar-refractivity contribution >= 4 is 39.2 Å². The molecule has 0 spiro atoms. The average Bonchev–Trinajstić information content (AvgIpc) is 3.14. The summed E-state index contributed by atoms with van der Waals surface area (Å²) >= 11 is 1.12. The summed E-state index contributed by atoms with van der Waals surface area (Å²) < 4.78 is 6.40. The van der Waals surface area contributed by atoms with Gasteiger partial charge in [0.2, 0.25) is 0 Å². The fraction of sp³-hybridized carbons (Fsp3) is 0.333. The molecule has 0 fully saturated rings. The van der Waals surface area contributed by atoms with E-state index in [1.807, 2.05) is 6.92 Å². The first-order chi connectivity index (χ1) is 14.5. The van der Waals surface area contributed by atoms with Crippen LogP contribution in [-0.2, 0) is 22.5 Å². The number of aromatic nitrogens is 2. The normalized spacial score (nSPS) is 10.9. The number of nitrogens with zero attached hydrogens (tertiary/aromatic N) is 2. The zero-order valence-corrected chi connectivity index (χ0v) is 17.6. The van der Waals surface area contributed by atoms with Gasteiger partial charge in [0.25, 0.3) is 11.5 Å². The number of nitrogens with one attached hydrogen (secondary N) is 1. The van der Waals surface area contributed by atoms with Gasteiger partial charge in [0.1, 0.15) is 11.3 Å². The summed E-state index contributed by atoms with van der Waals surface area (Å²) in [5.41, 5.74) is 0.153. The van der Waals surface area contributed by atoms with E-state index in [4.69, 9.17) is 4.74 Å². The van der Waals surface area contributed by atoms with E-state index in [0.29, 0.717) is 23.1 Å². The summed E-state index contributed by atoms with van der Waals surface area (Å²) in [7, 11) is 0. The lowest BCUT2D eigenvalue weighted by Gasteiger charge is -2.14. The number of hydrogen-bond donors (Lipinski definition) is 2. The van der Waals surface area contributed by atoms with E-state index in [1.165, 1.54) is 4.57 Å². The fourth-order valence-corrected chi connectivity index (χ4v) is 3.80. The highest BCUT2D eigenvalue weighted by Gasteiger charge is 2.23. The number of aryl methyl sites for hydroxylation is 1. The van der Waals surface area contributed by atoms with Crippen LogP contribution in [0.1, 0.15) is 42.7 Å². The molecule has 0 saturated carbocycles. The Morgan fingerprint density at radius 3 is 2.77 bits per heavy atom. The van der Waals surface area contributed by atoms with E-state index in [0.717, 1.165) is 24.2 Å². The number of para-hydroxylation sites is 1. The molecule has 30 heavy (non-hydrogen) atoms. The van der Waals surface area contributed by atoms with Crippen molar-refractivity contribution in [1.82, 2.24) is 9.55 Å². The van der Waals surface area contributed by atoms with E-state index < -0.39 is 17.4 Å². The molecule has 0 atom stereocenters. The molecule has 1 aromatic carbocycles. The minimum absolute atomic E-state index is 0.00867. The van der Waals surface area contributed by atoms with Gasteiger partial charge < -0.3 is 14.4 Å². The predicted molar refractivity (Wildman–Crippen MR) is 115 cm³/mol. The van der Waals surface area contributed by atoms with Gasteiger partial charge in [0.15, 0.2) is 5.13 Å². The summed E-state index contributed by atoms with van der Waals surface area (Å²) in [6, 6.07) is 6.94. The second-order valence-corrected chi connectivity index (χ2v) is 7.49. The maximum Gasteiger partial charge on any atom is 0.311 e. The number of hydrogen-bond acceptors (Lipinski definition) is 7. The van der Waals surface area contributed by atoms with Gasteiger partial charge >= 0.3 is 5.97 Å². The minimum Gasteiger partial charge on any atom is -0.506 e. The number of amides is 1. The van der Waals surface area contributed by atoms with Crippen LogP contribution < -0.4 is 10.9 Å². The molecule has 9 heteroatoms. The third-order valence-corrected chi connectivity index (χ3v) is 5.32. The van der Waals surface area contributed by atoms with Crippen LogP contribution in [0, 0.1) is 0 Å². The number of esters is 1. The third kappa shape index (κ3) is 4.51. The quantitative estimate of drug-likeness (QED) is 0.532. The largest absolute Gasteiger partial charge is 0.506 e. The molecule has 1 amide bonds. The average molecular weight is 429 g/mol. The van der Waals surface area contributed by atoms with Gasteiger partial charge in [-0.25, -0.2) is 4.98 Å². The molecule has 2 heterocycles. The number of fused-ring (bicyclic) bond motifs is 1. The number of carbonyl (C=O) groups excluding carboxylic acids is 2. The molecular formula is C21H23N3O5S. The van der Waals surface area contributed by atoms with Crippen LogP contribution in [-0.4, -0.2) is 33.1 Å². The Morgan fingerprint density at radius 2 is 2.03 bits per heavy atom. The SMILES string of the molecule is CCCCn1c(=O)c(C(=O)Nc2nc(CC(=O)OCC)cs2)c(O)c2ccccc21. The number of rotatable bonds is 8. The third-order valence-electron chi connectivity index (χ3n) is 4.51. The van der Waals surface area contributed by atoms with Crippen molar-refractivity contribution in [1.29, 1.82) is 0 Å². The number of ether oxygens (including phenoxy) is 1. The highest BCUT2D eigenvalue weighted by atomic mass is 32.1. The monoisotopic (exact) mass is 429 g/mol. The number of unbranched alkanes of at least 4 members (excludes halogenated alkanes) is 1. The molecule has 2 N–H and O–H groups in total. The molecule has 0 unspecified atom stereocenters. The first-order valence-corrected chi connectivity index (χ1v) is 10.6. The van der Waals surface area contributed by atoms with Gasteiger partial charge in [-0.1, -0.05) is 25.5 Å². The van der Waals surface area contributed by atoms with Crippen molar-refractivity contribution in [2.75, 3.05) is 11.9 Å². The number of thiazole rings is 1. The highest BCUT2D eigenvalue weighted by molar-refractivity contribution is 7.14. The molecule has 3 aromatic rings. The molecule has 0 radical (unpaired) electrons. The van der Waals surface area contributed by atoms with Gasteiger partial charge in [-0.15, -0.1) is 11.3 Å². The molecule has 3 rings (SSSR count). The zero-order chi connectivity index (χ0) is 21.7. The summed E-state index contributed by atoms with van der Waals surface area (Å²) in [5.74, 6) is -1.51. The molecule has 158 valence electrons. The Bertz CT molecular complexity index is 1140. The Hall–Kier alpha value is -3.20. The molecule has 0 aliphatic carbocycles. The molecule has 0 saturated heterocycles. The first-order valence-electron chi connectivity index (χ1n) is 9.72. The fourth-order valence-electron chi connectivity index (χ4n) is 3.10. The smallest absolute Gasteiger partial charge is 0.311 e. The first kappa shape index (κ1) is 21.5. The summed E-state index contributed by atoms with van der Waals surface area (Å²) in [6.45, 7) is 4.45. The standard InChI is InChI=1S/C21H23N3O5S/c1-3-5-10-24-15-9-7-6-8-14(15)18(26)17(20(24)28)19(27)23-21-22-13(12-30-21)11-16(25)29-4-2/h6-9,12,26H,3-5,10-11H2,1-2H3,(H,22,23,27). The molecule has 0 aliphatic rings. The lowest BCUT2D eigenvalue weighted by atomic mass is 10.1. The number of benzene rings is 1. The number of carbonyl (C=O) groups is 2. The van der Waals surface area contributed by atoms with Crippen LogP contribution >= 0.6 is 11.3 Å². The van der Waals surface area contributed by atoms with Crippen molar-refractivity contribution in [3.63, 3.8) is 0 Å². The van der Waals surface area contributed by atoms with Crippen LogP contribution in [0.25, 0.3) is 10.9 Å². The van der Waals surface area contributed by atoms with Gasteiger partial charge in [-0.05, 0) is 25.5 Å². The Kier molecular flexibility index (Phi) is 6.83. The molecule has 0 bridgehead atoms. The summed E-state index contributed by atoms with van der Waals surface area (Å²) in [6.07, 6.45) is 1.64. The molecule has 0 aliphatic heterocycles. The Balaban J connectivity index is 1.93. The number of anilines is 1. The summed E-state index contributed by atoms with van der Waals surface area (Å²) in [4.78, 5) is 41.6. The van der Waals surface area contributed by atoms with Crippen molar-refractivity contribution < 1.29 is 19.4 Å². The molecular weight excluding hydrogens is 406 g/mol. The van der Waals surface area contributed by atoms with E-state index in [1.54, 1.807) is 36.6 Å². The van der Waals surface area contributed by atoms with Crippen LogP contribution in [0.5, 0.6) is 5.75 Å². The second-order valence-electron chi connectivity index (χ2n) is 6.63. The number of aromatic hydroxyl groups is 1. The van der Waals surface area contributed by atoms with Crippen molar-refractivity contribution in [3.8, 4) is 5.75 Å². The summed E-state index contributed by atoms with van der Waals surface area (Å²) in [5, 5.41) is 15.5. The van der Waals surface area contributed by atoms with Crippen molar-refractivity contribution in [3.05, 3.63) is 51.3 Å². The van der Waals surface area contributed by atoms with Crippen LogP contribution in [0.4, 0.5) is 5.13 Å². The van der Waals surface area contributed by atoms with Gasteiger partial charge in [0, 0.05) is 17.3 Å². The Morgan fingerprint density at radius 1 is 1.27 bits per heavy atom. The van der Waals surface area contributed by atoms with E-state index in [2.05, 4.69) is 10.3 Å². The van der Waals surface area contributed by atoms with Crippen molar-refractivity contribution in [2.45, 2.75) is 39.7 Å². The predicted octanol–water partition coefficient (Wildman–Crippen LogP) is 3.32.